The second-order valence-corrected chi connectivity index (χ2v) is 3.74. The van der Waals surface area contributed by atoms with Gasteiger partial charge in [0.2, 0.25) is 5.89 Å². The van der Waals surface area contributed by atoms with Crippen molar-refractivity contribution in [1.82, 2.24) is 4.98 Å². The Kier molecular flexibility index (Phi) is 2.58. The molecule has 2 rings (SSSR count). The summed E-state index contributed by atoms with van der Waals surface area (Å²) in [7, 11) is 0. The van der Waals surface area contributed by atoms with E-state index < -0.39 is 0 Å². The number of aryl methyl sites for hydroxylation is 3. The first-order valence-corrected chi connectivity index (χ1v) is 5.24. The van der Waals surface area contributed by atoms with Crippen molar-refractivity contribution in [3.63, 3.8) is 0 Å². The number of oxazole rings is 1. The van der Waals surface area contributed by atoms with Gasteiger partial charge in [-0.25, -0.2) is 4.98 Å². The Morgan fingerprint density at radius 3 is 2.33 bits per heavy atom. The molecule has 0 amide bonds. The fraction of sp³-hybridized carbons (Fsp3) is 0.308. The summed E-state index contributed by atoms with van der Waals surface area (Å²) in [6, 6.07) is 8.22. The van der Waals surface area contributed by atoms with Crippen LogP contribution in [0.1, 0.15) is 23.9 Å². The zero-order valence-corrected chi connectivity index (χ0v) is 9.37. The fourth-order valence-corrected chi connectivity index (χ4v) is 1.58. The van der Waals surface area contributed by atoms with Crippen LogP contribution in [0.3, 0.4) is 0 Å². The first-order valence-electron chi connectivity index (χ1n) is 5.24. The van der Waals surface area contributed by atoms with E-state index in [1.165, 1.54) is 5.56 Å². The topological polar surface area (TPSA) is 26.0 Å². The Bertz CT molecular complexity index is 454. The predicted molar refractivity (Wildman–Crippen MR) is 60.8 cm³/mol. The Morgan fingerprint density at radius 2 is 1.80 bits per heavy atom. The SMILES string of the molecule is CCc1nc(-c2ccc(C)cc2)oc1C. The maximum atomic E-state index is 5.62. The minimum atomic E-state index is 0.726. The lowest BCUT2D eigenvalue weighted by Gasteiger charge is -1.95. The van der Waals surface area contributed by atoms with Crippen LogP contribution in [0.15, 0.2) is 28.7 Å². The van der Waals surface area contributed by atoms with Crippen molar-refractivity contribution in [1.29, 1.82) is 0 Å². The highest BCUT2D eigenvalue weighted by molar-refractivity contribution is 5.54. The molecule has 1 aromatic carbocycles. The van der Waals surface area contributed by atoms with Crippen LogP contribution in [-0.4, -0.2) is 4.98 Å². The van der Waals surface area contributed by atoms with Crippen LogP contribution in [0.2, 0.25) is 0 Å². The molecule has 1 aromatic heterocycles. The number of aromatic nitrogens is 1. The van der Waals surface area contributed by atoms with E-state index in [2.05, 4.69) is 31.0 Å². The summed E-state index contributed by atoms with van der Waals surface area (Å²) in [5, 5.41) is 0. The molecule has 2 heteroatoms. The quantitative estimate of drug-likeness (QED) is 0.743. The van der Waals surface area contributed by atoms with Crippen LogP contribution in [-0.2, 0) is 6.42 Å². The van der Waals surface area contributed by atoms with E-state index >= 15 is 0 Å². The summed E-state index contributed by atoms with van der Waals surface area (Å²) in [6.45, 7) is 6.12. The molecular formula is C13H15NO. The molecule has 0 aliphatic rings. The maximum absolute atomic E-state index is 5.62. The minimum absolute atomic E-state index is 0.726. The van der Waals surface area contributed by atoms with Gasteiger partial charge in [0.05, 0.1) is 5.69 Å². The monoisotopic (exact) mass is 201 g/mol. The lowest BCUT2D eigenvalue weighted by molar-refractivity contribution is 0.539. The Hall–Kier alpha value is -1.57. The van der Waals surface area contributed by atoms with Gasteiger partial charge < -0.3 is 4.42 Å². The van der Waals surface area contributed by atoms with Gasteiger partial charge in [0.1, 0.15) is 5.76 Å². The molecule has 0 saturated carbocycles. The average molecular weight is 201 g/mol. The highest BCUT2D eigenvalue weighted by atomic mass is 16.4. The van der Waals surface area contributed by atoms with Crippen molar-refractivity contribution in [2.24, 2.45) is 0 Å². The molecule has 1 heterocycles. The molecular weight excluding hydrogens is 186 g/mol. The molecule has 0 bridgehead atoms. The van der Waals surface area contributed by atoms with Crippen molar-refractivity contribution in [3.05, 3.63) is 41.3 Å². The van der Waals surface area contributed by atoms with Gasteiger partial charge in [-0.15, -0.1) is 0 Å². The fourth-order valence-electron chi connectivity index (χ4n) is 1.58. The normalized spacial score (nSPS) is 10.6. The van der Waals surface area contributed by atoms with Crippen LogP contribution in [0.4, 0.5) is 0 Å². The maximum Gasteiger partial charge on any atom is 0.226 e. The zero-order valence-electron chi connectivity index (χ0n) is 9.37. The molecule has 78 valence electrons. The van der Waals surface area contributed by atoms with E-state index in [1.54, 1.807) is 0 Å². The third-order valence-corrected chi connectivity index (χ3v) is 2.53. The van der Waals surface area contributed by atoms with Crippen molar-refractivity contribution in [2.75, 3.05) is 0 Å². The summed E-state index contributed by atoms with van der Waals surface area (Å²) in [4.78, 5) is 4.46. The number of benzene rings is 1. The summed E-state index contributed by atoms with van der Waals surface area (Å²) < 4.78 is 5.62. The second-order valence-electron chi connectivity index (χ2n) is 3.74. The van der Waals surface area contributed by atoms with Gasteiger partial charge >= 0.3 is 0 Å². The van der Waals surface area contributed by atoms with E-state index in [0.717, 1.165) is 29.3 Å². The lowest BCUT2D eigenvalue weighted by Crippen LogP contribution is -1.82. The molecule has 0 fully saturated rings. The van der Waals surface area contributed by atoms with E-state index in [-0.39, 0.29) is 0 Å². The number of hydrogen-bond donors (Lipinski definition) is 0. The van der Waals surface area contributed by atoms with Gasteiger partial charge in [-0.3, -0.25) is 0 Å². The van der Waals surface area contributed by atoms with Crippen LogP contribution in [0.5, 0.6) is 0 Å². The minimum Gasteiger partial charge on any atom is -0.441 e. The zero-order chi connectivity index (χ0) is 10.8. The molecule has 15 heavy (non-hydrogen) atoms. The van der Waals surface area contributed by atoms with Crippen LogP contribution in [0.25, 0.3) is 11.5 Å². The smallest absolute Gasteiger partial charge is 0.226 e. The van der Waals surface area contributed by atoms with Crippen molar-refractivity contribution >= 4 is 0 Å². The second kappa shape index (κ2) is 3.89. The molecule has 2 nitrogen and oxygen atoms in total. The number of rotatable bonds is 2. The third kappa shape index (κ3) is 1.94. The lowest BCUT2D eigenvalue weighted by atomic mass is 10.1. The van der Waals surface area contributed by atoms with Crippen molar-refractivity contribution in [2.45, 2.75) is 27.2 Å². The standard InChI is InChI=1S/C13H15NO/c1-4-12-10(3)15-13(14-12)11-7-5-9(2)6-8-11/h5-8H,4H2,1-3H3. The van der Waals surface area contributed by atoms with Crippen LogP contribution in [0, 0.1) is 13.8 Å². The Balaban J connectivity index is 2.41. The van der Waals surface area contributed by atoms with Gasteiger partial charge in [0, 0.05) is 5.56 Å². The summed E-state index contributed by atoms with van der Waals surface area (Å²) >= 11 is 0. The Morgan fingerprint density at radius 1 is 1.13 bits per heavy atom. The van der Waals surface area contributed by atoms with Crippen LogP contribution >= 0.6 is 0 Å². The van der Waals surface area contributed by atoms with E-state index in [0.29, 0.717) is 0 Å². The van der Waals surface area contributed by atoms with Crippen molar-refractivity contribution in [3.8, 4) is 11.5 Å². The molecule has 0 aliphatic carbocycles. The van der Waals surface area contributed by atoms with Gasteiger partial charge in [-0.1, -0.05) is 24.6 Å². The van der Waals surface area contributed by atoms with Crippen molar-refractivity contribution < 1.29 is 4.42 Å². The molecule has 0 spiro atoms. The summed E-state index contributed by atoms with van der Waals surface area (Å²) in [5.41, 5.74) is 3.34. The highest BCUT2D eigenvalue weighted by Gasteiger charge is 2.08. The largest absolute Gasteiger partial charge is 0.441 e. The highest BCUT2D eigenvalue weighted by Crippen LogP contribution is 2.22. The van der Waals surface area contributed by atoms with Gasteiger partial charge in [0.15, 0.2) is 0 Å². The Labute approximate surface area is 90.0 Å². The molecule has 0 aliphatic heterocycles. The van der Waals surface area contributed by atoms with E-state index in [4.69, 9.17) is 4.42 Å². The molecule has 0 N–H and O–H groups in total. The first-order chi connectivity index (χ1) is 7.20. The number of nitrogens with zero attached hydrogens (tertiary/aromatic N) is 1. The average Bonchev–Trinajstić information content (AvgIpc) is 2.61. The molecule has 0 unspecified atom stereocenters. The molecule has 0 saturated heterocycles. The number of hydrogen-bond acceptors (Lipinski definition) is 2. The third-order valence-electron chi connectivity index (χ3n) is 2.53. The summed E-state index contributed by atoms with van der Waals surface area (Å²) in [6.07, 6.45) is 0.918. The molecule has 0 atom stereocenters. The van der Waals surface area contributed by atoms with Gasteiger partial charge in [0.25, 0.3) is 0 Å². The van der Waals surface area contributed by atoms with Crippen LogP contribution < -0.4 is 0 Å². The van der Waals surface area contributed by atoms with E-state index in [9.17, 15) is 0 Å². The molecule has 2 aromatic rings. The van der Waals surface area contributed by atoms with E-state index in [1.807, 2.05) is 19.1 Å². The molecule has 0 radical (unpaired) electrons. The predicted octanol–water partition coefficient (Wildman–Crippen LogP) is 3.52. The van der Waals surface area contributed by atoms with Gasteiger partial charge in [-0.05, 0) is 32.4 Å². The summed E-state index contributed by atoms with van der Waals surface area (Å²) in [5.74, 6) is 1.65. The first kappa shape index (κ1) is 9.97. The van der Waals surface area contributed by atoms with Gasteiger partial charge in [-0.2, -0.15) is 0 Å².